The van der Waals surface area contributed by atoms with Crippen LogP contribution in [0.5, 0.6) is 0 Å². The monoisotopic (exact) mass is 341 g/mol. The summed E-state index contributed by atoms with van der Waals surface area (Å²) in [5.41, 5.74) is 3.13. The lowest BCUT2D eigenvalue weighted by Gasteiger charge is -2.32. The van der Waals surface area contributed by atoms with E-state index >= 15 is 0 Å². The van der Waals surface area contributed by atoms with Crippen LogP contribution in [0.15, 0.2) is 30.3 Å². The molecule has 0 aliphatic heterocycles. The summed E-state index contributed by atoms with van der Waals surface area (Å²) in [4.78, 5) is 12.3. The smallest absolute Gasteiger partial charge is 0.251 e. The van der Waals surface area contributed by atoms with Crippen LogP contribution in [0.4, 0.5) is 0 Å². The summed E-state index contributed by atoms with van der Waals surface area (Å²) in [6.07, 6.45) is 4.79. The fourth-order valence-electron chi connectivity index (χ4n) is 3.50. The molecule has 0 saturated heterocycles. The summed E-state index contributed by atoms with van der Waals surface area (Å²) >= 11 is 0. The summed E-state index contributed by atoms with van der Waals surface area (Å²) in [7, 11) is 0. The van der Waals surface area contributed by atoms with Crippen molar-refractivity contribution in [1.82, 2.24) is 15.1 Å². The number of carbonyl (C=O) groups is 1. The average Bonchev–Trinajstić information content (AvgIpc) is 2.91. The van der Waals surface area contributed by atoms with Gasteiger partial charge in [0.1, 0.15) is 0 Å². The van der Waals surface area contributed by atoms with Crippen LogP contribution >= 0.6 is 0 Å². The van der Waals surface area contributed by atoms with Crippen molar-refractivity contribution in [1.29, 1.82) is 0 Å². The van der Waals surface area contributed by atoms with Gasteiger partial charge in [-0.2, -0.15) is 5.10 Å². The quantitative estimate of drug-likeness (QED) is 0.878. The lowest BCUT2D eigenvalue weighted by molar-refractivity contribution is 0.00525. The van der Waals surface area contributed by atoms with Gasteiger partial charge in [-0.05, 0) is 50.5 Å². The van der Waals surface area contributed by atoms with Crippen LogP contribution in [0.3, 0.4) is 0 Å². The van der Waals surface area contributed by atoms with E-state index in [2.05, 4.69) is 16.5 Å². The molecular weight excluding hydrogens is 314 g/mol. The molecule has 0 radical (unpaired) electrons. The Labute approximate surface area is 149 Å². The molecule has 1 fully saturated rings. The van der Waals surface area contributed by atoms with Gasteiger partial charge in [0.25, 0.3) is 5.91 Å². The van der Waals surface area contributed by atoms with E-state index in [-0.39, 0.29) is 5.91 Å². The van der Waals surface area contributed by atoms with Crippen LogP contribution in [-0.2, 0) is 6.54 Å². The summed E-state index contributed by atoms with van der Waals surface area (Å²) in [5, 5.41) is 17.8. The second-order valence-corrected chi connectivity index (χ2v) is 7.25. The molecule has 1 aliphatic carbocycles. The van der Waals surface area contributed by atoms with E-state index in [0.29, 0.717) is 18.7 Å². The Morgan fingerprint density at radius 3 is 2.48 bits per heavy atom. The SMILES string of the molecule is Cc1cc(C)n(Cc2ccc(C(=O)NCC3(O)CCCCC3)cc2)n1. The van der Waals surface area contributed by atoms with Gasteiger partial charge in [-0.15, -0.1) is 0 Å². The minimum atomic E-state index is -0.733. The lowest BCUT2D eigenvalue weighted by Crippen LogP contribution is -2.44. The summed E-state index contributed by atoms with van der Waals surface area (Å²) < 4.78 is 1.96. The van der Waals surface area contributed by atoms with Gasteiger partial charge < -0.3 is 10.4 Å². The van der Waals surface area contributed by atoms with Crippen molar-refractivity contribution < 1.29 is 9.90 Å². The van der Waals surface area contributed by atoms with E-state index in [4.69, 9.17) is 0 Å². The molecule has 0 spiro atoms. The Bertz CT molecular complexity index is 728. The van der Waals surface area contributed by atoms with Gasteiger partial charge in [-0.1, -0.05) is 31.4 Å². The number of rotatable bonds is 5. The molecule has 1 amide bonds. The Morgan fingerprint density at radius 1 is 1.20 bits per heavy atom. The molecule has 3 rings (SSSR count). The maximum atomic E-state index is 12.3. The van der Waals surface area contributed by atoms with Gasteiger partial charge >= 0.3 is 0 Å². The number of nitrogens with one attached hydrogen (secondary N) is 1. The number of benzene rings is 1. The Balaban J connectivity index is 1.58. The average molecular weight is 341 g/mol. The highest BCUT2D eigenvalue weighted by atomic mass is 16.3. The molecule has 0 unspecified atom stereocenters. The van der Waals surface area contributed by atoms with Crippen LogP contribution in [0.25, 0.3) is 0 Å². The van der Waals surface area contributed by atoms with E-state index in [1.54, 1.807) is 0 Å². The van der Waals surface area contributed by atoms with E-state index in [1.165, 1.54) is 6.42 Å². The third-order valence-corrected chi connectivity index (χ3v) is 5.01. The van der Waals surface area contributed by atoms with Crippen LogP contribution in [0.1, 0.15) is 59.4 Å². The highest BCUT2D eigenvalue weighted by Crippen LogP contribution is 2.27. The molecule has 1 aromatic carbocycles. The molecule has 0 bridgehead atoms. The zero-order valence-electron chi connectivity index (χ0n) is 15.1. The first-order valence-electron chi connectivity index (χ1n) is 9.06. The van der Waals surface area contributed by atoms with Crippen LogP contribution < -0.4 is 5.32 Å². The molecule has 134 valence electrons. The summed E-state index contributed by atoms with van der Waals surface area (Å²) in [6.45, 7) is 5.05. The van der Waals surface area contributed by atoms with Crippen molar-refractivity contribution in [2.45, 2.75) is 58.1 Å². The van der Waals surface area contributed by atoms with Gasteiger partial charge in [-0.25, -0.2) is 0 Å². The minimum absolute atomic E-state index is 0.128. The van der Waals surface area contributed by atoms with Crippen molar-refractivity contribution in [2.75, 3.05) is 6.54 Å². The Morgan fingerprint density at radius 2 is 1.88 bits per heavy atom. The molecule has 1 heterocycles. The standard InChI is InChI=1S/C20H27N3O2/c1-15-12-16(2)23(22-15)13-17-6-8-18(9-7-17)19(24)21-14-20(25)10-4-3-5-11-20/h6-9,12,25H,3-5,10-11,13-14H2,1-2H3,(H,21,24). The maximum absolute atomic E-state index is 12.3. The van der Waals surface area contributed by atoms with Gasteiger partial charge in [0.15, 0.2) is 0 Å². The van der Waals surface area contributed by atoms with Gasteiger partial charge in [0, 0.05) is 17.8 Å². The number of aryl methyl sites for hydroxylation is 2. The van der Waals surface area contributed by atoms with E-state index in [0.717, 1.165) is 42.6 Å². The predicted molar refractivity (Wildman–Crippen MR) is 97.6 cm³/mol. The second kappa shape index (κ2) is 7.40. The number of aliphatic hydroxyl groups is 1. The third kappa shape index (κ3) is 4.48. The molecule has 1 saturated carbocycles. The van der Waals surface area contributed by atoms with Crippen molar-refractivity contribution >= 4 is 5.91 Å². The first-order valence-corrected chi connectivity index (χ1v) is 9.06. The van der Waals surface area contributed by atoms with Crippen molar-refractivity contribution in [3.05, 3.63) is 52.8 Å². The number of hydrogen-bond donors (Lipinski definition) is 2. The predicted octanol–water partition coefficient (Wildman–Crippen LogP) is 2.97. The molecule has 5 nitrogen and oxygen atoms in total. The highest BCUT2D eigenvalue weighted by molar-refractivity contribution is 5.94. The number of amides is 1. The largest absolute Gasteiger partial charge is 0.388 e. The maximum Gasteiger partial charge on any atom is 0.251 e. The van der Waals surface area contributed by atoms with Crippen LogP contribution in [0, 0.1) is 13.8 Å². The van der Waals surface area contributed by atoms with Gasteiger partial charge in [-0.3, -0.25) is 9.48 Å². The molecule has 1 aromatic heterocycles. The van der Waals surface area contributed by atoms with E-state index < -0.39 is 5.60 Å². The first-order chi connectivity index (χ1) is 12.0. The fraction of sp³-hybridized carbons (Fsp3) is 0.500. The van der Waals surface area contributed by atoms with Crippen LogP contribution in [-0.4, -0.2) is 32.9 Å². The Kier molecular flexibility index (Phi) is 5.23. The molecule has 5 heteroatoms. The normalized spacial score (nSPS) is 16.6. The molecule has 0 atom stereocenters. The minimum Gasteiger partial charge on any atom is -0.388 e. The fourth-order valence-corrected chi connectivity index (χ4v) is 3.50. The Hall–Kier alpha value is -2.14. The number of aromatic nitrogens is 2. The van der Waals surface area contributed by atoms with Gasteiger partial charge in [0.05, 0.1) is 17.8 Å². The van der Waals surface area contributed by atoms with Crippen LogP contribution in [0.2, 0.25) is 0 Å². The number of carbonyl (C=O) groups excluding carboxylic acids is 1. The zero-order chi connectivity index (χ0) is 17.9. The molecule has 1 aliphatic rings. The summed E-state index contributed by atoms with van der Waals surface area (Å²) in [6, 6.07) is 9.64. The zero-order valence-corrected chi connectivity index (χ0v) is 15.1. The van der Waals surface area contributed by atoms with E-state index in [9.17, 15) is 9.90 Å². The van der Waals surface area contributed by atoms with Crippen molar-refractivity contribution in [3.8, 4) is 0 Å². The molecule has 2 N–H and O–H groups in total. The third-order valence-electron chi connectivity index (χ3n) is 5.01. The van der Waals surface area contributed by atoms with Crippen molar-refractivity contribution in [2.24, 2.45) is 0 Å². The second-order valence-electron chi connectivity index (χ2n) is 7.25. The van der Waals surface area contributed by atoms with E-state index in [1.807, 2.05) is 42.8 Å². The van der Waals surface area contributed by atoms with Crippen molar-refractivity contribution in [3.63, 3.8) is 0 Å². The number of hydrogen-bond acceptors (Lipinski definition) is 3. The highest BCUT2D eigenvalue weighted by Gasteiger charge is 2.29. The van der Waals surface area contributed by atoms with Gasteiger partial charge in [0.2, 0.25) is 0 Å². The molecular formula is C20H27N3O2. The topological polar surface area (TPSA) is 67.2 Å². The summed E-state index contributed by atoms with van der Waals surface area (Å²) in [5.74, 6) is -0.128. The lowest BCUT2D eigenvalue weighted by atomic mass is 9.85. The molecule has 25 heavy (non-hydrogen) atoms. The first kappa shape index (κ1) is 17.7. The molecule has 2 aromatic rings. The number of nitrogens with zero attached hydrogens (tertiary/aromatic N) is 2.